The Hall–Kier alpha value is -2.34. The van der Waals surface area contributed by atoms with Crippen molar-refractivity contribution < 1.29 is 19.1 Å². The van der Waals surface area contributed by atoms with Crippen LogP contribution in [0.25, 0.3) is 0 Å². The van der Waals surface area contributed by atoms with Crippen LogP contribution in [0.5, 0.6) is 5.75 Å². The zero-order valence-corrected chi connectivity index (χ0v) is 15.8. The molecule has 0 fully saturated rings. The molecular weight excluding hydrogens is 386 g/mol. The number of carbonyl (C=O) groups excluding carboxylic acids is 2. The fourth-order valence-corrected chi connectivity index (χ4v) is 2.32. The van der Waals surface area contributed by atoms with Gasteiger partial charge in [-0.2, -0.15) is 0 Å². The van der Waals surface area contributed by atoms with E-state index in [0.717, 1.165) is 21.3 Å². The predicted octanol–water partition coefficient (Wildman–Crippen LogP) is 4.02. The molecule has 0 bridgehead atoms. The molecule has 0 aromatic heterocycles. The summed E-state index contributed by atoms with van der Waals surface area (Å²) >= 11 is 3.32. The highest BCUT2D eigenvalue weighted by molar-refractivity contribution is 9.10. The van der Waals surface area contributed by atoms with E-state index < -0.39 is 5.97 Å². The number of hydrogen-bond donors (Lipinski definition) is 1. The second-order valence-corrected chi connectivity index (χ2v) is 6.50. The maximum Gasteiger partial charge on any atom is 0.309 e. The summed E-state index contributed by atoms with van der Waals surface area (Å²) in [6, 6.07) is 13.0. The van der Waals surface area contributed by atoms with Crippen LogP contribution in [-0.4, -0.2) is 25.1 Å². The molecule has 0 heterocycles. The fourth-order valence-electron chi connectivity index (χ4n) is 2.06. The quantitative estimate of drug-likeness (QED) is 0.706. The lowest BCUT2D eigenvalue weighted by Crippen LogP contribution is -2.21. The summed E-state index contributed by atoms with van der Waals surface area (Å²) < 4.78 is 11.5. The fraction of sp³-hybridized carbons (Fsp3) is 0.263. The summed E-state index contributed by atoms with van der Waals surface area (Å²) in [5, 5.41) is 2.65. The molecule has 0 radical (unpaired) electrons. The Morgan fingerprint density at radius 1 is 1.08 bits per heavy atom. The molecule has 0 atom stereocenters. The Balaban J connectivity index is 1.69. The maximum absolute atomic E-state index is 11.7. The summed E-state index contributed by atoms with van der Waals surface area (Å²) in [4.78, 5) is 23.4. The molecule has 1 amide bonds. The first-order valence-electron chi connectivity index (χ1n) is 7.85. The Kier molecular flexibility index (Phi) is 7.01. The molecule has 0 saturated carbocycles. The van der Waals surface area contributed by atoms with Crippen LogP contribution in [0.3, 0.4) is 0 Å². The van der Waals surface area contributed by atoms with Crippen molar-refractivity contribution in [1.82, 2.24) is 0 Å². The second-order valence-electron chi connectivity index (χ2n) is 5.58. The van der Waals surface area contributed by atoms with E-state index in [-0.39, 0.29) is 25.5 Å². The molecule has 2 rings (SSSR count). The lowest BCUT2D eigenvalue weighted by molar-refractivity contribution is -0.147. The van der Waals surface area contributed by atoms with Crippen LogP contribution >= 0.6 is 15.9 Å². The minimum absolute atomic E-state index is 0.0823. The molecule has 0 aliphatic heterocycles. The molecule has 2 aromatic carbocycles. The molecule has 0 spiro atoms. The number of anilines is 1. The van der Waals surface area contributed by atoms with Crippen molar-refractivity contribution in [3.05, 3.63) is 58.1 Å². The standard InChI is InChI=1S/C19H20BrNO4/c1-13-3-4-14(2)17(11-13)24-10-9-19(23)25-12-18(22)21-16-7-5-15(20)6-8-16/h3-8,11H,9-10,12H2,1-2H3,(H,21,22). The molecule has 0 saturated heterocycles. The van der Waals surface area contributed by atoms with Crippen LogP contribution in [0.1, 0.15) is 17.5 Å². The molecule has 5 nitrogen and oxygen atoms in total. The van der Waals surface area contributed by atoms with Crippen LogP contribution in [0, 0.1) is 13.8 Å². The van der Waals surface area contributed by atoms with Gasteiger partial charge < -0.3 is 14.8 Å². The van der Waals surface area contributed by atoms with Gasteiger partial charge in [0.2, 0.25) is 0 Å². The van der Waals surface area contributed by atoms with Gasteiger partial charge in [0.15, 0.2) is 6.61 Å². The van der Waals surface area contributed by atoms with Crippen molar-refractivity contribution in [3.63, 3.8) is 0 Å². The smallest absolute Gasteiger partial charge is 0.309 e. The van der Waals surface area contributed by atoms with Crippen LogP contribution in [0.2, 0.25) is 0 Å². The van der Waals surface area contributed by atoms with Gasteiger partial charge in [-0.05, 0) is 55.3 Å². The zero-order valence-electron chi connectivity index (χ0n) is 14.2. The highest BCUT2D eigenvalue weighted by atomic mass is 79.9. The van der Waals surface area contributed by atoms with Crippen molar-refractivity contribution in [2.24, 2.45) is 0 Å². The number of benzene rings is 2. The van der Waals surface area contributed by atoms with Gasteiger partial charge in [0.1, 0.15) is 5.75 Å². The summed E-state index contributed by atoms with van der Waals surface area (Å²) in [5.74, 6) is -0.108. The Labute approximate surface area is 155 Å². The molecular formula is C19H20BrNO4. The SMILES string of the molecule is Cc1ccc(C)c(OCCC(=O)OCC(=O)Nc2ccc(Br)cc2)c1. The van der Waals surface area contributed by atoms with Gasteiger partial charge in [-0.15, -0.1) is 0 Å². The highest BCUT2D eigenvalue weighted by Crippen LogP contribution is 2.19. The number of amides is 1. The summed E-state index contributed by atoms with van der Waals surface area (Å²) in [7, 11) is 0. The minimum Gasteiger partial charge on any atom is -0.493 e. The molecule has 1 N–H and O–H groups in total. The molecule has 6 heteroatoms. The van der Waals surface area contributed by atoms with Crippen LogP contribution in [0.15, 0.2) is 46.9 Å². The van der Waals surface area contributed by atoms with E-state index in [2.05, 4.69) is 21.2 Å². The average molecular weight is 406 g/mol. The topological polar surface area (TPSA) is 64.6 Å². The van der Waals surface area contributed by atoms with Crippen molar-refractivity contribution in [1.29, 1.82) is 0 Å². The molecule has 25 heavy (non-hydrogen) atoms. The minimum atomic E-state index is -0.476. The van der Waals surface area contributed by atoms with E-state index in [4.69, 9.17) is 9.47 Å². The van der Waals surface area contributed by atoms with Gasteiger partial charge in [-0.3, -0.25) is 9.59 Å². The second kappa shape index (κ2) is 9.22. The Morgan fingerprint density at radius 2 is 1.80 bits per heavy atom. The van der Waals surface area contributed by atoms with Crippen LogP contribution < -0.4 is 10.1 Å². The first-order chi connectivity index (χ1) is 11.9. The van der Waals surface area contributed by atoms with E-state index in [1.54, 1.807) is 12.1 Å². The zero-order chi connectivity index (χ0) is 18.2. The van der Waals surface area contributed by atoms with E-state index in [9.17, 15) is 9.59 Å². The number of hydrogen-bond acceptors (Lipinski definition) is 4. The molecule has 132 valence electrons. The number of rotatable bonds is 7. The lowest BCUT2D eigenvalue weighted by Gasteiger charge is -2.10. The predicted molar refractivity (Wildman–Crippen MR) is 99.8 cm³/mol. The van der Waals surface area contributed by atoms with E-state index in [0.29, 0.717) is 5.69 Å². The summed E-state index contributed by atoms with van der Waals surface area (Å²) in [5.41, 5.74) is 2.74. The van der Waals surface area contributed by atoms with E-state index in [1.165, 1.54) is 0 Å². The number of carbonyl (C=O) groups is 2. The molecule has 0 aliphatic rings. The number of aryl methyl sites for hydroxylation is 2. The van der Waals surface area contributed by atoms with Gasteiger partial charge in [0.05, 0.1) is 13.0 Å². The highest BCUT2D eigenvalue weighted by Gasteiger charge is 2.09. The first-order valence-corrected chi connectivity index (χ1v) is 8.64. The third-order valence-electron chi connectivity index (χ3n) is 3.40. The van der Waals surface area contributed by atoms with Crippen LogP contribution in [0.4, 0.5) is 5.69 Å². The number of nitrogens with one attached hydrogen (secondary N) is 1. The number of halogens is 1. The Morgan fingerprint density at radius 3 is 2.52 bits per heavy atom. The molecule has 0 aliphatic carbocycles. The number of ether oxygens (including phenoxy) is 2. The van der Waals surface area contributed by atoms with Gasteiger partial charge in [0.25, 0.3) is 5.91 Å². The number of esters is 1. The summed E-state index contributed by atoms with van der Waals surface area (Å²) in [6.45, 7) is 3.81. The Bertz CT molecular complexity index is 744. The van der Waals surface area contributed by atoms with Gasteiger partial charge in [-0.1, -0.05) is 28.1 Å². The van der Waals surface area contributed by atoms with Gasteiger partial charge >= 0.3 is 5.97 Å². The third-order valence-corrected chi connectivity index (χ3v) is 3.93. The van der Waals surface area contributed by atoms with Crippen LogP contribution in [-0.2, 0) is 14.3 Å². The van der Waals surface area contributed by atoms with Gasteiger partial charge in [0, 0.05) is 10.2 Å². The molecule has 0 unspecified atom stereocenters. The first kappa shape index (κ1) is 19.0. The lowest BCUT2D eigenvalue weighted by atomic mass is 10.1. The monoisotopic (exact) mass is 405 g/mol. The maximum atomic E-state index is 11.7. The van der Waals surface area contributed by atoms with Crippen molar-refractivity contribution in [2.75, 3.05) is 18.5 Å². The van der Waals surface area contributed by atoms with Crippen molar-refractivity contribution >= 4 is 33.5 Å². The largest absolute Gasteiger partial charge is 0.493 e. The molecule has 2 aromatic rings. The third kappa shape index (κ3) is 6.58. The van der Waals surface area contributed by atoms with Gasteiger partial charge in [-0.25, -0.2) is 0 Å². The van der Waals surface area contributed by atoms with E-state index in [1.807, 2.05) is 44.2 Å². The van der Waals surface area contributed by atoms with Crippen molar-refractivity contribution in [2.45, 2.75) is 20.3 Å². The normalized spacial score (nSPS) is 10.2. The average Bonchev–Trinajstić information content (AvgIpc) is 2.58. The van der Waals surface area contributed by atoms with E-state index >= 15 is 0 Å². The van der Waals surface area contributed by atoms with Crippen molar-refractivity contribution in [3.8, 4) is 5.75 Å². The summed E-state index contributed by atoms with van der Waals surface area (Å²) in [6.07, 6.45) is 0.0823.